The van der Waals surface area contributed by atoms with E-state index in [0.29, 0.717) is 12.1 Å². The molecule has 4 heterocycles. The van der Waals surface area contributed by atoms with Crippen LogP contribution >= 0.6 is 0 Å². The lowest BCUT2D eigenvalue weighted by Gasteiger charge is -2.34. The molecule has 0 aliphatic carbocycles. The first-order chi connectivity index (χ1) is 12.3. The van der Waals surface area contributed by atoms with Crippen molar-refractivity contribution in [1.29, 1.82) is 0 Å². The highest BCUT2D eigenvalue weighted by molar-refractivity contribution is 5.10. The molecule has 2 saturated heterocycles. The third kappa shape index (κ3) is 3.92. The van der Waals surface area contributed by atoms with E-state index in [4.69, 9.17) is 4.74 Å². The highest BCUT2D eigenvalue weighted by Gasteiger charge is 2.33. The molecule has 2 fully saturated rings. The Labute approximate surface area is 149 Å². The topological polar surface area (TPSA) is 55.2 Å². The van der Waals surface area contributed by atoms with E-state index in [9.17, 15) is 0 Å². The summed E-state index contributed by atoms with van der Waals surface area (Å²) in [5, 5.41) is 8.15. The normalized spacial score (nSPS) is 25.5. The predicted molar refractivity (Wildman–Crippen MR) is 96.0 cm³/mol. The maximum atomic E-state index is 5.99. The monoisotopic (exact) mass is 341 g/mol. The summed E-state index contributed by atoms with van der Waals surface area (Å²) in [4.78, 5) is 6.74. The van der Waals surface area contributed by atoms with Gasteiger partial charge in [-0.2, -0.15) is 5.10 Å². The number of likely N-dealkylation sites (tertiary alicyclic amines) is 1. The third-order valence-corrected chi connectivity index (χ3v) is 5.41. The van der Waals surface area contributed by atoms with Gasteiger partial charge in [-0.25, -0.2) is 0 Å². The Hall–Kier alpha value is -1.76. The van der Waals surface area contributed by atoms with E-state index < -0.39 is 0 Å². The van der Waals surface area contributed by atoms with Crippen LogP contribution in [0.4, 0.5) is 0 Å². The highest BCUT2D eigenvalue weighted by Crippen LogP contribution is 2.29. The Balaban J connectivity index is 1.29. The van der Waals surface area contributed by atoms with Crippen molar-refractivity contribution in [3.05, 3.63) is 48.0 Å². The molecule has 2 aliphatic heterocycles. The summed E-state index contributed by atoms with van der Waals surface area (Å²) >= 11 is 0. The van der Waals surface area contributed by atoms with Crippen molar-refractivity contribution in [3.63, 3.8) is 0 Å². The van der Waals surface area contributed by atoms with E-state index >= 15 is 0 Å². The molecule has 2 aromatic rings. The molecule has 2 atom stereocenters. The quantitative estimate of drug-likeness (QED) is 0.900. The minimum Gasteiger partial charge on any atom is -0.370 e. The average Bonchev–Trinajstić information content (AvgIpc) is 3.26. The minimum absolute atomic E-state index is 0.126. The number of nitrogens with one attached hydrogen (secondary N) is 1. The number of pyridine rings is 1. The summed E-state index contributed by atoms with van der Waals surface area (Å²) in [7, 11) is 1.99. The van der Waals surface area contributed by atoms with Crippen molar-refractivity contribution in [1.82, 2.24) is 25.0 Å². The molecule has 2 aromatic heterocycles. The molecule has 0 unspecified atom stereocenters. The lowest BCUT2D eigenvalue weighted by atomic mass is 10.0. The van der Waals surface area contributed by atoms with Crippen molar-refractivity contribution in [2.75, 3.05) is 19.7 Å². The molecular formula is C19H27N5O. The van der Waals surface area contributed by atoms with Crippen LogP contribution in [0, 0.1) is 0 Å². The second kappa shape index (κ2) is 7.64. The molecular weight excluding hydrogens is 314 g/mol. The summed E-state index contributed by atoms with van der Waals surface area (Å²) in [5.41, 5.74) is 2.47. The van der Waals surface area contributed by atoms with Gasteiger partial charge in [0.05, 0.1) is 5.69 Å². The Morgan fingerprint density at radius 2 is 2.08 bits per heavy atom. The average molecular weight is 341 g/mol. The first-order valence-corrected chi connectivity index (χ1v) is 9.26. The van der Waals surface area contributed by atoms with Gasteiger partial charge < -0.3 is 10.1 Å². The lowest BCUT2D eigenvalue weighted by molar-refractivity contribution is 0.0857. The van der Waals surface area contributed by atoms with E-state index in [2.05, 4.69) is 32.4 Å². The van der Waals surface area contributed by atoms with Gasteiger partial charge in [-0.1, -0.05) is 6.07 Å². The minimum atomic E-state index is 0.126. The number of nitrogens with zero attached hydrogens (tertiary/aromatic N) is 4. The van der Waals surface area contributed by atoms with Crippen LogP contribution in [0.5, 0.6) is 0 Å². The molecule has 6 nitrogen and oxygen atoms in total. The van der Waals surface area contributed by atoms with Gasteiger partial charge in [0.2, 0.25) is 0 Å². The molecule has 2 aliphatic rings. The molecule has 0 radical (unpaired) electrons. The van der Waals surface area contributed by atoms with Gasteiger partial charge in [0.25, 0.3) is 0 Å². The van der Waals surface area contributed by atoms with Crippen LogP contribution in [-0.4, -0.2) is 51.4 Å². The zero-order valence-electron chi connectivity index (χ0n) is 14.8. The molecule has 1 N–H and O–H groups in total. The van der Waals surface area contributed by atoms with Crippen molar-refractivity contribution < 1.29 is 4.74 Å². The van der Waals surface area contributed by atoms with Crippen molar-refractivity contribution in [2.24, 2.45) is 7.05 Å². The van der Waals surface area contributed by atoms with E-state index in [0.717, 1.165) is 32.7 Å². The van der Waals surface area contributed by atoms with Crippen LogP contribution in [0.3, 0.4) is 0 Å². The van der Waals surface area contributed by atoms with Crippen LogP contribution in [0.25, 0.3) is 0 Å². The van der Waals surface area contributed by atoms with Gasteiger partial charge in [-0.3, -0.25) is 14.6 Å². The van der Waals surface area contributed by atoms with Gasteiger partial charge in [0.15, 0.2) is 0 Å². The summed E-state index contributed by atoms with van der Waals surface area (Å²) in [6.07, 6.45) is 9.24. The maximum Gasteiger partial charge on any atom is 0.114 e. The Kier molecular flexibility index (Phi) is 5.10. The zero-order valence-corrected chi connectivity index (χ0v) is 14.8. The molecule has 0 saturated carbocycles. The largest absolute Gasteiger partial charge is 0.370 e. The van der Waals surface area contributed by atoms with E-state index in [1.807, 2.05) is 36.4 Å². The molecule has 0 aromatic carbocycles. The third-order valence-electron chi connectivity index (χ3n) is 5.41. The van der Waals surface area contributed by atoms with Crippen LogP contribution in [0.15, 0.2) is 36.8 Å². The molecule has 25 heavy (non-hydrogen) atoms. The van der Waals surface area contributed by atoms with Gasteiger partial charge in [0, 0.05) is 50.9 Å². The van der Waals surface area contributed by atoms with Crippen molar-refractivity contribution in [2.45, 2.75) is 44.0 Å². The van der Waals surface area contributed by atoms with Crippen molar-refractivity contribution in [3.8, 4) is 0 Å². The molecule has 6 heteroatoms. The van der Waals surface area contributed by atoms with Crippen LogP contribution in [0.1, 0.15) is 36.6 Å². The molecule has 134 valence electrons. The van der Waals surface area contributed by atoms with Gasteiger partial charge in [0.1, 0.15) is 6.10 Å². The summed E-state index contributed by atoms with van der Waals surface area (Å²) < 4.78 is 7.92. The molecule has 0 amide bonds. The Morgan fingerprint density at radius 1 is 1.20 bits per heavy atom. The molecule has 0 spiro atoms. The zero-order chi connectivity index (χ0) is 17.1. The van der Waals surface area contributed by atoms with Gasteiger partial charge in [-0.05, 0) is 50.0 Å². The fourth-order valence-corrected chi connectivity index (χ4v) is 4.03. The molecule has 4 rings (SSSR count). The van der Waals surface area contributed by atoms with Gasteiger partial charge in [-0.15, -0.1) is 0 Å². The van der Waals surface area contributed by atoms with E-state index in [1.165, 1.54) is 24.1 Å². The molecule has 0 bridgehead atoms. The van der Waals surface area contributed by atoms with Crippen LogP contribution < -0.4 is 5.32 Å². The fourth-order valence-electron chi connectivity index (χ4n) is 4.03. The summed E-state index contributed by atoms with van der Waals surface area (Å²) in [6, 6.07) is 7.22. The second-order valence-electron chi connectivity index (χ2n) is 7.14. The first kappa shape index (κ1) is 16.7. The number of hydrogen-bond donors (Lipinski definition) is 1. The predicted octanol–water partition coefficient (Wildman–Crippen LogP) is 1.90. The highest BCUT2D eigenvalue weighted by atomic mass is 16.5. The van der Waals surface area contributed by atoms with Crippen LogP contribution in [-0.2, 0) is 18.3 Å². The number of piperidine rings is 1. The number of aryl methyl sites for hydroxylation is 1. The smallest absolute Gasteiger partial charge is 0.114 e. The summed E-state index contributed by atoms with van der Waals surface area (Å²) in [6.45, 7) is 4.10. The number of rotatable bonds is 5. The second-order valence-corrected chi connectivity index (χ2v) is 7.14. The number of aromatic nitrogens is 3. The maximum absolute atomic E-state index is 5.99. The Bertz CT molecular complexity index is 665. The van der Waals surface area contributed by atoms with Crippen molar-refractivity contribution >= 4 is 0 Å². The Morgan fingerprint density at radius 3 is 2.80 bits per heavy atom. The lowest BCUT2D eigenvalue weighted by Crippen LogP contribution is -2.46. The SMILES string of the molecule is Cn1nccc1[C@H]1OCC[C@@H]1NC1CCN(Cc2cccnc2)CC1. The number of hydrogen-bond acceptors (Lipinski definition) is 5. The standard InChI is InChI=1S/C19H27N5O/c1-23-18(4-9-21-23)19-17(7-12-25-19)22-16-5-10-24(11-6-16)14-15-3-2-8-20-13-15/h2-4,8-9,13,16-17,19,22H,5-7,10-12,14H2,1H3/t17-,19-/m0/s1. The summed E-state index contributed by atoms with van der Waals surface area (Å²) in [5.74, 6) is 0. The first-order valence-electron chi connectivity index (χ1n) is 9.26. The van der Waals surface area contributed by atoms with Gasteiger partial charge >= 0.3 is 0 Å². The fraction of sp³-hybridized carbons (Fsp3) is 0.579. The van der Waals surface area contributed by atoms with Crippen LogP contribution in [0.2, 0.25) is 0 Å². The number of ether oxygens (including phenoxy) is 1. The van der Waals surface area contributed by atoms with E-state index in [-0.39, 0.29) is 6.10 Å². The van der Waals surface area contributed by atoms with E-state index in [1.54, 1.807) is 0 Å².